The maximum absolute atomic E-state index is 4.17. The van der Waals surface area contributed by atoms with E-state index < -0.39 is 0 Å². The van der Waals surface area contributed by atoms with Crippen LogP contribution < -0.4 is 5.32 Å². The van der Waals surface area contributed by atoms with Crippen LogP contribution in [0.3, 0.4) is 0 Å². The zero-order chi connectivity index (χ0) is 11.0. The molecule has 0 bridgehead atoms. The van der Waals surface area contributed by atoms with Crippen LogP contribution >= 0.6 is 0 Å². The summed E-state index contributed by atoms with van der Waals surface area (Å²) in [5.41, 5.74) is 5.32. The summed E-state index contributed by atoms with van der Waals surface area (Å²) in [6, 6.07) is 8.75. The second-order valence-corrected chi connectivity index (χ2v) is 4.25. The van der Waals surface area contributed by atoms with Crippen LogP contribution in [-0.4, -0.2) is 17.2 Å². The fourth-order valence-corrected chi connectivity index (χ4v) is 2.34. The molecule has 1 aliphatic carbocycles. The molecule has 1 aliphatic rings. The first-order valence-corrected chi connectivity index (χ1v) is 5.72. The van der Waals surface area contributed by atoms with E-state index >= 15 is 0 Å². The van der Waals surface area contributed by atoms with Crippen LogP contribution in [0.15, 0.2) is 24.3 Å². The van der Waals surface area contributed by atoms with Crippen LogP contribution in [0.2, 0.25) is 0 Å². The highest BCUT2D eigenvalue weighted by Crippen LogP contribution is 2.27. The Kier molecular flexibility index (Phi) is 2.17. The molecule has 1 aromatic heterocycles. The van der Waals surface area contributed by atoms with Crippen molar-refractivity contribution in [2.75, 3.05) is 12.4 Å². The zero-order valence-corrected chi connectivity index (χ0v) is 9.38. The average molecular weight is 213 g/mol. The molecule has 0 unspecified atom stereocenters. The summed E-state index contributed by atoms with van der Waals surface area (Å²) in [5.74, 6) is 0.885. The molecule has 0 atom stereocenters. The molecule has 3 rings (SSSR count). The summed E-state index contributed by atoms with van der Waals surface area (Å²) in [7, 11) is 1.88. The van der Waals surface area contributed by atoms with Gasteiger partial charge in [0.15, 0.2) is 0 Å². The fourth-order valence-electron chi connectivity index (χ4n) is 2.34. The average Bonchev–Trinajstić information content (AvgIpc) is 2.96. The molecule has 0 aliphatic heterocycles. The number of benzene rings is 1. The van der Waals surface area contributed by atoms with E-state index in [0.29, 0.717) is 0 Å². The van der Waals surface area contributed by atoms with Gasteiger partial charge < -0.3 is 5.32 Å². The van der Waals surface area contributed by atoms with Crippen LogP contribution in [0.5, 0.6) is 0 Å². The summed E-state index contributed by atoms with van der Waals surface area (Å²) in [4.78, 5) is 0. The maximum atomic E-state index is 4.17. The Balaban J connectivity index is 2.00. The van der Waals surface area contributed by atoms with Crippen LogP contribution in [-0.2, 0) is 12.8 Å². The molecule has 1 heterocycles. The van der Waals surface area contributed by atoms with Gasteiger partial charge in [0.25, 0.3) is 0 Å². The molecule has 3 heteroatoms. The minimum atomic E-state index is 0.885. The minimum Gasteiger partial charge on any atom is -0.372 e. The molecule has 2 aromatic rings. The Bertz CT molecular complexity index is 514. The third-order valence-electron chi connectivity index (χ3n) is 3.24. The van der Waals surface area contributed by atoms with E-state index in [1.54, 1.807) is 0 Å². The largest absolute Gasteiger partial charge is 0.372 e. The molecule has 0 saturated carbocycles. The highest BCUT2D eigenvalue weighted by atomic mass is 15.2. The monoisotopic (exact) mass is 213 g/mol. The number of aryl methyl sites for hydroxylation is 2. The molecular weight excluding hydrogens is 198 g/mol. The lowest BCUT2D eigenvalue weighted by Gasteiger charge is -2.02. The van der Waals surface area contributed by atoms with E-state index in [2.05, 4.69) is 33.7 Å². The summed E-state index contributed by atoms with van der Waals surface area (Å²) < 4.78 is 0. The SMILES string of the molecule is CNc1cc(-c2ccc3c(c2)CCC3)[nH]n1. The van der Waals surface area contributed by atoms with Crippen molar-refractivity contribution in [1.29, 1.82) is 0 Å². The van der Waals surface area contributed by atoms with Gasteiger partial charge in [-0.2, -0.15) is 5.10 Å². The number of nitrogens with one attached hydrogen (secondary N) is 2. The molecule has 0 fully saturated rings. The van der Waals surface area contributed by atoms with Crippen LogP contribution in [0.25, 0.3) is 11.3 Å². The molecule has 2 N–H and O–H groups in total. The molecule has 0 amide bonds. The molecule has 3 nitrogen and oxygen atoms in total. The van der Waals surface area contributed by atoms with Crippen molar-refractivity contribution in [3.05, 3.63) is 35.4 Å². The van der Waals surface area contributed by atoms with E-state index in [1.165, 1.54) is 36.0 Å². The Morgan fingerprint density at radius 3 is 2.88 bits per heavy atom. The quantitative estimate of drug-likeness (QED) is 0.805. The number of rotatable bonds is 2. The molecule has 0 radical (unpaired) electrons. The number of nitrogens with zero attached hydrogens (tertiary/aromatic N) is 1. The first kappa shape index (κ1) is 9.46. The van der Waals surface area contributed by atoms with Gasteiger partial charge in [0, 0.05) is 13.1 Å². The lowest BCUT2D eigenvalue weighted by Crippen LogP contribution is -1.85. The Labute approximate surface area is 94.9 Å². The van der Waals surface area contributed by atoms with Crippen molar-refractivity contribution in [3.8, 4) is 11.3 Å². The van der Waals surface area contributed by atoms with Crippen LogP contribution in [0.1, 0.15) is 17.5 Å². The lowest BCUT2D eigenvalue weighted by molar-refractivity contribution is 0.912. The Morgan fingerprint density at radius 1 is 1.19 bits per heavy atom. The number of hydrogen-bond donors (Lipinski definition) is 2. The van der Waals surface area contributed by atoms with Gasteiger partial charge in [-0.05, 0) is 42.0 Å². The topological polar surface area (TPSA) is 40.7 Å². The van der Waals surface area contributed by atoms with Crippen molar-refractivity contribution in [2.24, 2.45) is 0 Å². The molecular formula is C13H15N3. The molecule has 1 aromatic carbocycles. The van der Waals surface area contributed by atoms with E-state index in [1.807, 2.05) is 13.1 Å². The van der Waals surface area contributed by atoms with Gasteiger partial charge in [-0.3, -0.25) is 5.10 Å². The van der Waals surface area contributed by atoms with Crippen molar-refractivity contribution >= 4 is 5.82 Å². The van der Waals surface area contributed by atoms with E-state index in [0.717, 1.165) is 11.5 Å². The highest BCUT2D eigenvalue weighted by Gasteiger charge is 2.12. The summed E-state index contributed by atoms with van der Waals surface area (Å²) in [5, 5.41) is 10.2. The first-order chi connectivity index (χ1) is 7.86. The summed E-state index contributed by atoms with van der Waals surface area (Å²) >= 11 is 0. The van der Waals surface area contributed by atoms with Gasteiger partial charge >= 0.3 is 0 Å². The molecule has 82 valence electrons. The molecule has 16 heavy (non-hydrogen) atoms. The van der Waals surface area contributed by atoms with E-state index in [9.17, 15) is 0 Å². The highest BCUT2D eigenvalue weighted by molar-refractivity contribution is 5.64. The second-order valence-electron chi connectivity index (χ2n) is 4.25. The minimum absolute atomic E-state index is 0.885. The first-order valence-electron chi connectivity index (χ1n) is 5.72. The number of hydrogen-bond acceptors (Lipinski definition) is 2. The normalized spacial score (nSPS) is 13.8. The van der Waals surface area contributed by atoms with E-state index in [-0.39, 0.29) is 0 Å². The van der Waals surface area contributed by atoms with Gasteiger partial charge in [0.2, 0.25) is 0 Å². The third-order valence-corrected chi connectivity index (χ3v) is 3.24. The Hall–Kier alpha value is -1.77. The van der Waals surface area contributed by atoms with Gasteiger partial charge in [-0.15, -0.1) is 0 Å². The smallest absolute Gasteiger partial charge is 0.148 e. The molecule has 0 saturated heterocycles. The fraction of sp³-hybridized carbons (Fsp3) is 0.308. The van der Waals surface area contributed by atoms with Crippen molar-refractivity contribution < 1.29 is 0 Å². The Morgan fingerprint density at radius 2 is 2.06 bits per heavy atom. The third kappa shape index (κ3) is 1.48. The predicted molar refractivity (Wildman–Crippen MR) is 65.6 cm³/mol. The standard InChI is InChI=1S/C13H15N3/c1-14-13-8-12(15-16-13)11-6-5-9-3-2-4-10(9)7-11/h5-8H,2-4H2,1H3,(H2,14,15,16). The second kappa shape index (κ2) is 3.67. The van der Waals surface area contributed by atoms with Crippen molar-refractivity contribution in [2.45, 2.75) is 19.3 Å². The van der Waals surface area contributed by atoms with Crippen LogP contribution in [0.4, 0.5) is 5.82 Å². The number of anilines is 1. The molecule has 0 spiro atoms. The van der Waals surface area contributed by atoms with E-state index in [4.69, 9.17) is 0 Å². The van der Waals surface area contributed by atoms with Gasteiger partial charge in [0.05, 0.1) is 5.69 Å². The number of H-pyrrole nitrogens is 1. The van der Waals surface area contributed by atoms with Gasteiger partial charge in [-0.25, -0.2) is 0 Å². The number of aromatic amines is 1. The maximum Gasteiger partial charge on any atom is 0.148 e. The predicted octanol–water partition coefficient (Wildman–Crippen LogP) is 2.61. The number of fused-ring (bicyclic) bond motifs is 1. The number of aromatic nitrogens is 2. The summed E-state index contributed by atoms with van der Waals surface area (Å²) in [6.07, 6.45) is 3.75. The van der Waals surface area contributed by atoms with Gasteiger partial charge in [0.1, 0.15) is 5.82 Å². The van der Waals surface area contributed by atoms with Gasteiger partial charge in [-0.1, -0.05) is 12.1 Å². The van der Waals surface area contributed by atoms with Crippen molar-refractivity contribution in [3.63, 3.8) is 0 Å². The van der Waals surface area contributed by atoms with Crippen LogP contribution in [0, 0.1) is 0 Å². The zero-order valence-electron chi connectivity index (χ0n) is 9.38. The summed E-state index contributed by atoms with van der Waals surface area (Å²) in [6.45, 7) is 0. The lowest BCUT2D eigenvalue weighted by atomic mass is 10.0. The van der Waals surface area contributed by atoms with Crippen molar-refractivity contribution in [1.82, 2.24) is 10.2 Å².